The number of hydrogen-bond acceptors (Lipinski definition) is 4. The monoisotopic (exact) mass is 601 g/mol. The highest BCUT2D eigenvalue weighted by molar-refractivity contribution is 6.01. The molecule has 3 amide bonds. The fourth-order valence-electron chi connectivity index (χ4n) is 4.92. The molecule has 4 rings (SSSR count). The summed E-state index contributed by atoms with van der Waals surface area (Å²) < 4.78 is 55.4. The number of hydrogen-bond donors (Lipinski definition) is 3. The Bertz CT molecular complexity index is 1410. The summed E-state index contributed by atoms with van der Waals surface area (Å²) in [4.78, 5) is 37.8. The number of aliphatic carboxylic acids is 1. The Morgan fingerprint density at radius 1 is 0.953 bits per heavy atom. The van der Waals surface area contributed by atoms with Crippen molar-refractivity contribution in [1.29, 1.82) is 0 Å². The van der Waals surface area contributed by atoms with Crippen LogP contribution in [0.3, 0.4) is 0 Å². The van der Waals surface area contributed by atoms with Gasteiger partial charge in [0.1, 0.15) is 5.75 Å². The summed E-state index contributed by atoms with van der Waals surface area (Å²) in [6.07, 6.45) is -1.37. The van der Waals surface area contributed by atoms with E-state index in [1.54, 1.807) is 12.1 Å². The molecule has 0 spiro atoms. The molecule has 0 aliphatic heterocycles. The van der Waals surface area contributed by atoms with Crippen LogP contribution < -0.4 is 20.3 Å². The van der Waals surface area contributed by atoms with Crippen molar-refractivity contribution in [2.24, 2.45) is 0 Å². The van der Waals surface area contributed by atoms with E-state index in [2.05, 4.69) is 15.4 Å². The van der Waals surface area contributed by atoms with Crippen LogP contribution in [0.25, 0.3) is 0 Å². The summed E-state index contributed by atoms with van der Waals surface area (Å²) in [7, 11) is 0. The van der Waals surface area contributed by atoms with Gasteiger partial charge in [0.15, 0.2) is 0 Å². The van der Waals surface area contributed by atoms with Crippen LogP contribution in [0.4, 0.5) is 33.7 Å². The summed E-state index contributed by atoms with van der Waals surface area (Å²) in [5, 5.41) is 13.5. The predicted octanol–water partition coefficient (Wildman–Crippen LogP) is 7.02. The Balaban J connectivity index is 1.53. The maximum Gasteiger partial charge on any atom is 0.573 e. The van der Waals surface area contributed by atoms with Crippen LogP contribution in [-0.2, 0) is 11.3 Å². The first-order valence-corrected chi connectivity index (χ1v) is 13.8. The van der Waals surface area contributed by atoms with Gasteiger partial charge in [0.25, 0.3) is 5.91 Å². The highest BCUT2D eigenvalue weighted by Gasteiger charge is 2.31. The normalized spacial score (nSPS) is 14.4. The third-order valence-electron chi connectivity index (χ3n) is 7.11. The summed E-state index contributed by atoms with van der Waals surface area (Å²) in [5.41, 5.74) is 2.59. The summed E-state index contributed by atoms with van der Waals surface area (Å²) in [6.45, 7) is -0.642. The molecule has 43 heavy (non-hydrogen) atoms. The van der Waals surface area contributed by atoms with E-state index in [0.29, 0.717) is 17.2 Å². The lowest BCUT2D eigenvalue weighted by Crippen LogP contribution is -2.35. The SMILES string of the molecule is O=C(NCC(F)C(=O)O)c1ccc(CN(C(=O)Nc2cccc(OC(F)(F)F)c2)c2ccc(C3CCCCC3)cc2)cc1. The zero-order valence-corrected chi connectivity index (χ0v) is 23.1. The molecular weight excluding hydrogens is 570 g/mol. The molecule has 0 radical (unpaired) electrons. The fourth-order valence-corrected chi connectivity index (χ4v) is 4.92. The number of carboxylic acids is 1. The van der Waals surface area contributed by atoms with E-state index < -0.39 is 42.7 Å². The first-order valence-electron chi connectivity index (χ1n) is 13.8. The number of ether oxygens (including phenoxy) is 1. The summed E-state index contributed by atoms with van der Waals surface area (Å²) in [6, 6.07) is 18.0. The number of alkyl halides is 4. The van der Waals surface area contributed by atoms with Gasteiger partial charge in [-0.2, -0.15) is 0 Å². The smallest absolute Gasteiger partial charge is 0.479 e. The van der Waals surface area contributed by atoms with Gasteiger partial charge in [-0.1, -0.05) is 49.6 Å². The quantitative estimate of drug-likeness (QED) is 0.217. The van der Waals surface area contributed by atoms with Crippen molar-refractivity contribution in [1.82, 2.24) is 5.32 Å². The number of benzene rings is 3. The third-order valence-corrected chi connectivity index (χ3v) is 7.11. The Hall–Kier alpha value is -4.61. The Morgan fingerprint density at radius 3 is 2.26 bits per heavy atom. The van der Waals surface area contributed by atoms with Crippen molar-refractivity contribution in [3.63, 3.8) is 0 Å². The molecule has 0 bridgehead atoms. The minimum Gasteiger partial charge on any atom is -0.479 e. The fraction of sp³-hybridized carbons (Fsp3) is 0.323. The van der Waals surface area contributed by atoms with Gasteiger partial charge in [-0.3, -0.25) is 9.69 Å². The molecule has 0 saturated heterocycles. The number of urea groups is 1. The minimum atomic E-state index is -4.89. The van der Waals surface area contributed by atoms with E-state index in [1.165, 1.54) is 54.0 Å². The Kier molecular flexibility index (Phi) is 10.2. The molecule has 12 heteroatoms. The molecule has 1 fully saturated rings. The average molecular weight is 602 g/mol. The zero-order chi connectivity index (χ0) is 31.0. The van der Waals surface area contributed by atoms with Crippen molar-refractivity contribution >= 4 is 29.3 Å². The Morgan fingerprint density at radius 2 is 1.63 bits per heavy atom. The van der Waals surface area contributed by atoms with Crippen LogP contribution in [-0.4, -0.2) is 42.1 Å². The maximum absolute atomic E-state index is 13.5. The van der Waals surface area contributed by atoms with Gasteiger partial charge < -0.3 is 20.5 Å². The molecule has 0 aromatic heterocycles. The lowest BCUT2D eigenvalue weighted by atomic mass is 9.84. The van der Waals surface area contributed by atoms with Crippen molar-refractivity contribution in [3.8, 4) is 5.75 Å². The van der Waals surface area contributed by atoms with Crippen molar-refractivity contribution in [2.75, 3.05) is 16.8 Å². The lowest BCUT2D eigenvalue weighted by Gasteiger charge is -2.26. The van der Waals surface area contributed by atoms with Gasteiger partial charge in [0.05, 0.1) is 13.1 Å². The van der Waals surface area contributed by atoms with Crippen LogP contribution >= 0.6 is 0 Å². The predicted molar refractivity (Wildman–Crippen MR) is 152 cm³/mol. The minimum absolute atomic E-state index is 0.0425. The number of carbonyl (C=O) groups is 3. The van der Waals surface area contributed by atoms with Gasteiger partial charge in [0, 0.05) is 23.0 Å². The largest absolute Gasteiger partial charge is 0.573 e. The van der Waals surface area contributed by atoms with Gasteiger partial charge in [-0.15, -0.1) is 13.2 Å². The third kappa shape index (κ3) is 9.19. The number of nitrogens with zero attached hydrogens (tertiary/aromatic N) is 1. The highest BCUT2D eigenvalue weighted by Crippen LogP contribution is 2.34. The molecule has 1 aliphatic carbocycles. The van der Waals surface area contributed by atoms with E-state index in [1.807, 2.05) is 24.3 Å². The molecule has 3 aromatic carbocycles. The number of carbonyl (C=O) groups excluding carboxylic acids is 2. The van der Waals surface area contributed by atoms with Crippen molar-refractivity contribution in [2.45, 2.75) is 57.1 Å². The molecule has 1 saturated carbocycles. The molecule has 1 atom stereocenters. The van der Waals surface area contributed by atoms with Crippen LogP contribution in [0.2, 0.25) is 0 Å². The summed E-state index contributed by atoms with van der Waals surface area (Å²) in [5.74, 6) is -2.38. The first-order chi connectivity index (χ1) is 20.5. The Labute approximate surface area is 245 Å². The van der Waals surface area contributed by atoms with Gasteiger partial charge >= 0.3 is 18.4 Å². The van der Waals surface area contributed by atoms with Crippen molar-refractivity contribution in [3.05, 3.63) is 89.5 Å². The van der Waals surface area contributed by atoms with Crippen LogP contribution in [0.1, 0.15) is 59.5 Å². The van der Waals surface area contributed by atoms with E-state index in [-0.39, 0.29) is 17.8 Å². The standard InChI is InChI=1S/C31H31F4N3O5/c32-27(29(40)41)18-36-28(39)23-11-9-20(10-12-23)19-38(25-15-13-22(14-16-25)21-5-2-1-3-6-21)30(42)37-24-7-4-8-26(17-24)43-31(33,34)35/h4,7-17,21,27H,1-3,5-6,18-19H2,(H,36,39)(H,37,42)(H,40,41). The van der Waals surface area contributed by atoms with Crippen molar-refractivity contribution < 1.29 is 41.8 Å². The molecule has 0 heterocycles. The molecule has 3 N–H and O–H groups in total. The maximum atomic E-state index is 13.5. The number of halogens is 4. The second-order valence-electron chi connectivity index (χ2n) is 10.2. The van der Waals surface area contributed by atoms with E-state index in [9.17, 15) is 31.9 Å². The van der Waals surface area contributed by atoms with Gasteiger partial charge in [-0.05, 0) is 66.3 Å². The molecule has 228 valence electrons. The molecular formula is C31H31F4N3O5. The number of carboxylic acid groups (broad SMARTS) is 1. The average Bonchev–Trinajstić information content (AvgIpc) is 2.98. The lowest BCUT2D eigenvalue weighted by molar-refractivity contribution is -0.274. The highest BCUT2D eigenvalue weighted by atomic mass is 19.4. The second kappa shape index (κ2) is 14.0. The number of nitrogens with one attached hydrogen (secondary N) is 2. The number of anilines is 2. The number of amides is 3. The number of rotatable bonds is 10. The molecule has 1 aliphatic rings. The van der Waals surface area contributed by atoms with Crippen LogP contribution in [0.15, 0.2) is 72.8 Å². The zero-order valence-electron chi connectivity index (χ0n) is 23.1. The van der Waals surface area contributed by atoms with E-state index in [0.717, 1.165) is 25.0 Å². The summed E-state index contributed by atoms with van der Waals surface area (Å²) >= 11 is 0. The molecule has 3 aromatic rings. The topological polar surface area (TPSA) is 108 Å². The van der Waals surface area contributed by atoms with E-state index >= 15 is 0 Å². The second-order valence-corrected chi connectivity index (χ2v) is 10.2. The van der Waals surface area contributed by atoms with Crippen LogP contribution in [0, 0.1) is 0 Å². The van der Waals surface area contributed by atoms with Gasteiger partial charge in [0.2, 0.25) is 6.17 Å². The van der Waals surface area contributed by atoms with Gasteiger partial charge in [-0.25, -0.2) is 14.0 Å². The van der Waals surface area contributed by atoms with Crippen LogP contribution in [0.5, 0.6) is 5.75 Å². The first kappa shape index (κ1) is 31.3. The molecule has 1 unspecified atom stereocenters. The van der Waals surface area contributed by atoms with E-state index in [4.69, 9.17) is 5.11 Å². The molecule has 8 nitrogen and oxygen atoms in total.